The van der Waals surface area contributed by atoms with E-state index in [2.05, 4.69) is 21.4 Å². The van der Waals surface area contributed by atoms with Crippen LogP contribution in [0, 0.1) is 6.92 Å². The Morgan fingerprint density at radius 1 is 1.39 bits per heavy atom. The first-order chi connectivity index (χ1) is 8.81. The fourth-order valence-electron chi connectivity index (χ4n) is 2.20. The van der Waals surface area contributed by atoms with Gasteiger partial charge in [-0.1, -0.05) is 11.6 Å². The zero-order valence-corrected chi connectivity index (χ0v) is 11.2. The van der Waals surface area contributed by atoms with Crippen molar-refractivity contribution >= 4 is 5.82 Å². The second kappa shape index (κ2) is 6.38. The van der Waals surface area contributed by atoms with Gasteiger partial charge in [0.2, 0.25) is 5.88 Å². The van der Waals surface area contributed by atoms with E-state index >= 15 is 0 Å². The summed E-state index contributed by atoms with van der Waals surface area (Å²) in [6.07, 6.45) is 8.84. The molecule has 1 aromatic rings. The molecule has 0 bridgehead atoms. The van der Waals surface area contributed by atoms with Crippen molar-refractivity contribution in [3.05, 3.63) is 23.5 Å². The van der Waals surface area contributed by atoms with Crippen molar-refractivity contribution in [3.63, 3.8) is 0 Å². The lowest BCUT2D eigenvalue weighted by Crippen LogP contribution is -2.08. The van der Waals surface area contributed by atoms with Crippen LogP contribution in [0.1, 0.15) is 38.2 Å². The van der Waals surface area contributed by atoms with E-state index in [1.165, 1.54) is 19.3 Å². The Balaban J connectivity index is 1.90. The first kappa shape index (κ1) is 12.9. The minimum absolute atomic E-state index is 0.629. The molecule has 18 heavy (non-hydrogen) atoms. The van der Waals surface area contributed by atoms with Gasteiger partial charge < -0.3 is 10.1 Å². The molecule has 0 aromatic carbocycles. The second-order valence-electron chi connectivity index (χ2n) is 4.52. The topological polar surface area (TPSA) is 47.0 Å². The molecule has 2 rings (SSSR count). The van der Waals surface area contributed by atoms with Crippen LogP contribution in [0.2, 0.25) is 0 Å². The van der Waals surface area contributed by atoms with Crippen molar-refractivity contribution in [3.8, 4) is 5.88 Å². The van der Waals surface area contributed by atoms with Gasteiger partial charge in [-0.15, -0.1) is 0 Å². The number of hydrogen-bond acceptors (Lipinski definition) is 4. The third kappa shape index (κ3) is 3.22. The number of nitrogens with zero attached hydrogens (tertiary/aromatic N) is 2. The van der Waals surface area contributed by atoms with Gasteiger partial charge in [0.05, 0.1) is 12.2 Å². The fourth-order valence-corrected chi connectivity index (χ4v) is 2.20. The molecule has 4 nitrogen and oxygen atoms in total. The maximum atomic E-state index is 5.45. The highest BCUT2D eigenvalue weighted by Gasteiger charge is 2.08. The van der Waals surface area contributed by atoms with E-state index in [4.69, 9.17) is 4.74 Å². The average molecular weight is 247 g/mol. The maximum Gasteiger partial charge on any atom is 0.221 e. The first-order valence-electron chi connectivity index (χ1n) is 6.67. The maximum absolute atomic E-state index is 5.45. The number of hydrogen-bond donors (Lipinski definition) is 1. The molecule has 98 valence electrons. The molecule has 1 N–H and O–H groups in total. The van der Waals surface area contributed by atoms with E-state index in [0.717, 1.165) is 24.3 Å². The molecule has 1 aliphatic carbocycles. The van der Waals surface area contributed by atoms with Crippen molar-refractivity contribution in [2.75, 3.05) is 18.5 Å². The lowest BCUT2D eigenvalue weighted by molar-refractivity contribution is 0.324. The number of nitrogens with one attached hydrogen (secondary N) is 1. The van der Waals surface area contributed by atoms with Crippen LogP contribution in [0.15, 0.2) is 18.0 Å². The molecule has 1 heterocycles. The summed E-state index contributed by atoms with van der Waals surface area (Å²) in [5.41, 5.74) is 2.55. The Morgan fingerprint density at radius 3 is 3.00 bits per heavy atom. The summed E-state index contributed by atoms with van der Waals surface area (Å²) in [5, 5.41) is 3.37. The minimum Gasteiger partial charge on any atom is -0.478 e. The number of anilines is 1. The van der Waals surface area contributed by atoms with Gasteiger partial charge in [0.1, 0.15) is 12.1 Å². The van der Waals surface area contributed by atoms with Crippen molar-refractivity contribution in [1.29, 1.82) is 0 Å². The molecule has 0 amide bonds. The summed E-state index contributed by atoms with van der Waals surface area (Å²) in [7, 11) is 0. The number of allylic oxidation sites excluding steroid dienone is 1. The van der Waals surface area contributed by atoms with Crippen LogP contribution in [-0.2, 0) is 0 Å². The molecule has 0 saturated carbocycles. The van der Waals surface area contributed by atoms with Crippen LogP contribution < -0.4 is 10.1 Å². The molecule has 0 unspecified atom stereocenters. The van der Waals surface area contributed by atoms with Gasteiger partial charge in [-0.05, 0) is 39.5 Å². The van der Waals surface area contributed by atoms with E-state index in [-0.39, 0.29) is 0 Å². The summed E-state index contributed by atoms with van der Waals surface area (Å²) in [4.78, 5) is 8.39. The van der Waals surface area contributed by atoms with Gasteiger partial charge >= 0.3 is 0 Å². The Morgan fingerprint density at radius 2 is 2.28 bits per heavy atom. The molecule has 0 radical (unpaired) electrons. The van der Waals surface area contributed by atoms with Gasteiger partial charge in [-0.3, -0.25) is 0 Å². The Kier molecular flexibility index (Phi) is 4.56. The van der Waals surface area contributed by atoms with E-state index in [1.54, 1.807) is 11.9 Å². The second-order valence-corrected chi connectivity index (χ2v) is 4.52. The van der Waals surface area contributed by atoms with Crippen LogP contribution in [0.5, 0.6) is 5.88 Å². The highest BCUT2D eigenvalue weighted by atomic mass is 16.5. The first-order valence-corrected chi connectivity index (χ1v) is 6.67. The van der Waals surface area contributed by atoms with Gasteiger partial charge in [0, 0.05) is 6.54 Å². The average Bonchev–Trinajstić information content (AvgIpc) is 2.87. The predicted octanol–water partition coefficient (Wildman–Crippen LogP) is 3.10. The zero-order chi connectivity index (χ0) is 12.8. The minimum atomic E-state index is 0.629. The van der Waals surface area contributed by atoms with Crippen molar-refractivity contribution < 1.29 is 4.74 Å². The predicted molar refractivity (Wildman–Crippen MR) is 73.0 cm³/mol. The van der Waals surface area contributed by atoms with Crippen LogP contribution in [0.25, 0.3) is 0 Å². The van der Waals surface area contributed by atoms with E-state index in [9.17, 15) is 0 Å². The van der Waals surface area contributed by atoms with Crippen LogP contribution in [0.4, 0.5) is 5.82 Å². The molecule has 0 atom stereocenters. The number of aromatic nitrogens is 2. The van der Waals surface area contributed by atoms with E-state index in [1.807, 2.05) is 13.8 Å². The smallest absolute Gasteiger partial charge is 0.221 e. The number of ether oxygens (including phenoxy) is 1. The molecule has 1 aliphatic rings. The number of rotatable bonds is 6. The van der Waals surface area contributed by atoms with Crippen LogP contribution in [-0.4, -0.2) is 23.1 Å². The summed E-state index contributed by atoms with van der Waals surface area (Å²) in [6.45, 7) is 5.50. The quantitative estimate of drug-likeness (QED) is 0.785. The van der Waals surface area contributed by atoms with E-state index in [0.29, 0.717) is 12.5 Å². The Hall–Kier alpha value is -1.58. The summed E-state index contributed by atoms with van der Waals surface area (Å²) in [6, 6.07) is 0. The van der Waals surface area contributed by atoms with Gasteiger partial charge in [-0.25, -0.2) is 9.97 Å². The molecular formula is C14H21N3O. The highest BCUT2D eigenvalue weighted by Crippen LogP contribution is 2.22. The highest BCUT2D eigenvalue weighted by molar-refractivity contribution is 5.47. The summed E-state index contributed by atoms with van der Waals surface area (Å²) >= 11 is 0. The van der Waals surface area contributed by atoms with Crippen LogP contribution >= 0.6 is 0 Å². The third-order valence-electron chi connectivity index (χ3n) is 3.19. The molecule has 0 aliphatic heterocycles. The Labute approximate surface area is 108 Å². The van der Waals surface area contributed by atoms with Crippen molar-refractivity contribution in [2.24, 2.45) is 0 Å². The molecule has 0 spiro atoms. The Bertz CT molecular complexity index is 429. The zero-order valence-electron chi connectivity index (χ0n) is 11.2. The normalized spacial score (nSPS) is 14.4. The third-order valence-corrected chi connectivity index (χ3v) is 3.19. The SMILES string of the molecule is CCOc1ncnc(NCCC2=CCCC2)c1C. The van der Waals surface area contributed by atoms with E-state index < -0.39 is 0 Å². The standard InChI is InChI=1S/C14H21N3O/c1-3-18-14-11(2)13(16-10-17-14)15-9-8-12-6-4-5-7-12/h6,10H,3-5,7-9H2,1-2H3,(H,15,16,17). The monoisotopic (exact) mass is 247 g/mol. The lowest BCUT2D eigenvalue weighted by Gasteiger charge is -2.11. The fraction of sp³-hybridized carbons (Fsp3) is 0.571. The van der Waals surface area contributed by atoms with Gasteiger partial charge in [0.15, 0.2) is 0 Å². The molecule has 0 saturated heterocycles. The molecule has 0 fully saturated rings. The lowest BCUT2D eigenvalue weighted by atomic mass is 10.1. The largest absolute Gasteiger partial charge is 0.478 e. The van der Waals surface area contributed by atoms with Crippen molar-refractivity contribution in [1.82, 2.24) is 9.97 Å². The molecular weight excluding hydrogens is 226 g/mol. The molecule has 4 heteroatoms. The summed E-state index contributed by atoms with van der Waals surface area (Å²) < 4.78 is 5.45. The van der Waals surface area contributed by atoms with Crippen molar-refractivity contribution in [2.45, 2.75) is 39.5 Å². The molecule has 1 aromatic heterocycles. The van der Waals surface area contributed by atoms with Crippen LogP contribution in [0.3, 0.4) is 0 Å². The summed E-state index contributed by atoms with van der Waals surface area (Å²) in [5.74, 6) is 1.56. The van der Waals surface area contributed by atoms with Gasteiger partial charge in [-0.2, -0.15) is 0 Å². The van der Waals surface area contributed by atoms with Gasteiger partial charge in [0.25, 0.3) is 0 Å².